The number of aliphatic hydroxyl groups is 1. The quantitative estimate of drug-likeness (QED) is 0.775. The Hall–Kier alpha value is -0.820. The van der Waals surface area contributed by atoms with Gasteiger partial charge in [0.1, 0.15) is 0 Å². The maximum Gasteiger partial charge on any atom is 0.0790 e. The fourth-order valence-corrected chi connectivity index (χ4v) is 3.05. The van der Waals surface area contributed by atoms with Gasteiger partial charge in [0.2, 0.25) is 0 Å². The molecule has 0 radical (unpaired) electrons. The molecule has 1 fully saturated rings. The molecule has 1 aliphatic rings. The van der Waals surface area contributed by atoms with E-state index in [2.05, 4.69) is 31.2 Å². The molecule has 0 spiro atoms. The van der Waals surface area contributed by atoms with Crippen molar-refractivity contribution in [2.24, 2.45) is 5.92 Å². The Kier molecular flexibility index (Phi) is 5.25. The van der Waals surface area contributed by atoms with Crippen molar-refractivity contribution in [2.45, 2.75) is 64.4 Å². The topological polar surface area (TPSA) is 20.2 Å². The Morgan fingerprint density at radius 1 is 1.17 bits per heavy atom. The molecule has 0 aromatic heterocycles. The fraction of sp³-hybridized carbons (Fsp3) is 0.647. The highest BCUT2D eigenvalue weighted by Crippen LogP contribution is 2.31. The molecule has 0 bridgehead atoms. The van der Waals surface area contributed by atoms with Crippen molar-refractivity contribution in [2.75, 3.05) is 0 Å². The summed E-state index contributed by atoms with van der Waals surface area (Å²) < 4.78 is 0. The second-order valence-corrected chi connectivity index (χ2v) is 5.74. The van der Waals surface area contributed by atoms with Crippen LogP contribution in [0.25, 0.3) is 0 Å². The highest BCUT2D eigenvalue weighted by atomic mass is 16.3. The van der Waals surface area contributed by atoms with Crippen molar-refractivity contribution < 1.29 is 5.11 Å². The maximum atomic E-state index is 10.2. The van der Waals surface area contributed by atoms with Crippen LogP contribution >= 0.6 is 0 Å². The summed E-state index contributed by atoms with van der Waals surface area (Å²) in [5.74, 6) is 0.874. The molecular weight excluding hydrogens is 220 g/mol. The van der Waals surface area contributed by atoms with Gasteiger partial charge in [-0.1, -0.05) is 63.3 Å². The molecule has 18 heavy (non-hydrogen) atoms. The number of aliphatic hydroxyl groups excluding tert-OH is 1. The second kappa shape index (κ2) is 6.94. The Morgan fingerprint density at radius 3 is 2.44 bits per heavy atom. The van der Waals surface area contributed by atoms with Gasteiger partial charge >= 0.3 is 0 Å². The van der Waals surface area contributed by atoms with Gasteiger partial charge in [-0.15, -0.1) is 0 Å². The largest absolute Gasteiger partial charge is 0.388 e. The Bertz CT molecular complexity index is 335. The predicted octanol–water partition coefficient (Wildman–Crippen LogP) is 4.64. The molecule has 1 N–H and O–H groups in total. The average molecular weight is 246 g/mol. The van der Waals surface area contributed by atoms with E-state index in [1.54, 1.807) is 0 Å². The summed E-state index contributed by atoms with van der Waals surface area (Å²) in [6.07, 6.45) is 9.72. The van der Waals surface area contributed by atoms with Crippen molar-refractivity contribution in [1.82, 2.24) is 0 Å². The smallest absolute Gasteiger partial charge is 0.0790 e. The molecule has 0 saturated heterocycles. The molecule has 100 valence electrons. The number of benzene rings is 1. The molecule has 1 aromatic carbocycles. The lowest BCUT2D eigenvalue weighted by Crippen LogP contribution is -2.01. The van der Waals surface area contributed by atoms with Crippen LogP contribution in [0.2, 0.25) is 0 Å². The first-order valence-corrected chi connectivity index (χ1v) is 7.56. The second-order valence-electron chi connectivity index (χ2n) is 5.74. The summed E-state index contributed by atoms with van der Waals surface area (Å²) in [5.41, 5.74) is 2.47. The third kappa shape index (κ3) is 3.84. The van der Waals surface area contributed by atoms with E-state index < -0.39 is 0 Å². The van der Waals surface area contributed by atoms with E-state index in [0.717, 1.165) is 24.3 Å². The molecule has 1 heteroatoms. The summed E-state index contributed by atoms with van der Waals surface area (Å²) in [5, 5.41) is 10.2. The zero-order valence-electron chi connectivity index (χ0n) is 11.6. The molecule has 1 nitrogen and oxygen atoms in total. The van der Waals surface area contributed by atoms with Crippen LogP contribution in [0.3, 0.4) is 0 Å². The van der Waals surface area contributed by atoms with Gasteiger partial charge in [0, 0.05) is 0 Å². The molecular formula is C17H26O. The van der Waals surface area contributed by atoms with Crippen LogP contribution in [0.1, 0.15) is 69.1 Å². The van der Waals surface area contributed by atoms with Gasteiger partial charge in [-0.05, 0) is 36.3 Å². The van der Waals surface area contributed by atoms with E-state index in [1.165, 1.54) is 44.1 Å². The van der Waals surface area contributed by atoms with Crippen molar-refractivity contribution in [1.29, 1.82) is 0 Å². The number of hydrogen-bond donors (Lipinski definition) is 1. The number of rotatable bonds is 6. The van der Waals surface area contributed by atoms with E-state index in [4.69, 9.17) is 0 Å². The van der Waals surface area contributed by atoms with Gasteiger partial charge in [0.25, 0.3) is 0 Å². The molecule has 0 aliphatic heterocycles. The lowest BCUT2D eigenvalue weighted by molar-refractivity contribution is 0.157. The normalized spacial score (nSPS) is 18.1. The Morgan fingerprint density at radius 2 is 1.83 bits per heavy atom. The Balaban J connectivity index is 1.81. The Labute approximate surface area is 111 Å². The summed E-state index contributed by atoms with van der Waals surface area (Å²) in [6, 6.07) is 8.53. The van der Waals surface area contributed by atoms with Crippen molar-refractivity contribution in [3.63, 3.8) is 0 Å². The van der Waals surface area contributed by atoms with E-state index >= 15 is 0 Å². The van der Waals surface area contributed by atoms with Gasteiger partial charge < -0.3 is 5.11 Å². The molecule has 1 unspecified atom stereocenters. The van der Waals surface area contributed by atoms with Crippen LogP contribution < -0.4 is 0 Å². The van der Waals surface area contributed by atoms with E-state index in [-0.39, 0.29) is 6.10 Å². The average Bonchev–Trinajstić information content (AvgIpc) is 2.90. The minimum Gasteiger partial charge on any atom is -0.388 e. The van der Waals surface area contributed by atoms with Gasteiger partial charge in [0.15, 0.2) is 0 Å². The molecule has 1 aliphatic carbocycles. The monoisotopic (exact) mass is 246 g/mol. The van der Waals surface area contributed by atoms with E-state index in [0.29, 0.717) is 0 Å². The van der Waals surface area contributed by atoms with Crippen molar-refractivity contribution >= 4 is 0 Å². The first-order chi connectivity index (χ1) is 8.79. The molecule has 2 rings (SSSR count). The molecule has 0 heterocycles. The molecule has 1 saturated carbocycles. The third-order valence-electron chi connectivity index (χ3n) is 4.23. The van der Waals surface area contributed by atoms with Gasteiger partial charge in [0.05, 0.1) is 6.10 Å². The molecule has 1 aromatic rings. The first-order valence-electron chi connectivity index (χ1n) is 7.56. The lowest BCUT2D eigenvalue weighted by atomic mass is 9.96. The van der Waals surface area contributed by atoms with Crippen LogP contribution in [0.5, 0.6) is 0 Å². The number of hydrogen-bond acceptors (Lipinski definition) is 1. The van der Waals surface area contributed by atoms with Gasteiger partial charge in [-0.3, -0.25) is 0 Å². The van der Waals surface area contributed by atoms with E-state index in [9.17, 15) is 5.11 Å². The van der Waals surface area contributed by atoms with Crippen LogP contribution in [0, 0.1) is 5.92 Å². The fourth-order valence-electron chi connectivity index (χ4n) is 3.05. The van der Waals surface area contributed by atoms with Crippen LogP contribution in [0.15, 0.2) is 24.3 Å². The van der Waals surface area contributed by atoms with Crippen LogP contribution in [-0.4, -0.2) is 5.11 Å². The lowest BCUT2D eigenvalue weighted by Gasteiger charge is -2.14. The molecule has 0 amide bonds. The summed E-state index contributed by atoms with van der Waals surface area (Å²) >= 11 is 0. The standard InChI is InChI=1S/C17H26O/c1-2-5-14-8-11-16(12-9-14)17(18)13-10-15-6-3-4-7-15/h8-9,11-12,15,17-18H,2-7,10,13H2,1H3. The van der Waals surface area contributed by atoms with E-state index in [1.807, 2.05) is 0 Å². The van der Waals surface area contributed by atoms with Gasteiger partial charge in [-0.25, -0.2) is 0 Å². The highest BCUT2D eigenvalue weighted by Gasteiger charge is 2.17. The summed E-state index contributed by atoms with van der Waals surface area (Å²) in [4.78, 5) is 0. The zero-order valence-corrected chi connectivity index (χ0v) is 11.6. The molecule has 1 atom stereocenters. The highest BCUT2D eigenvalue weighted by molar-refractivity contribution is 5.24. The minimum absolute atomic E-state index is 0.263. The van der Waals surface area contributed by atoms with Crippen molar-refractivity contribution in [3.05, 3.63) is 35.4 Å². The summed E-state index contributed by atoms with van der Waals surface area (Å²) in [6.45, 7) is 2.20. The predicted molar refractivity (Wildman–Crippen MR) is 76.6 cm³/mol. The van der Waals surface area contributed by atoms with Gasteiger partial charge in [-0.2, -0.15) is 0 Å². The first kappa shape index (κ1) is 13.6. The zero-order chi connectivity index (χ0) is 12.8. The number of aryl methyl sites for hydroxylation is 1. The maximum absolute atomic E-state index is 10.2. The van der Waals surface area contributed by atoms with Crippen LogP contribution in [-0.2, 0) is 6.42 Å². The third-order valence-corrected chi connectivity index (χ3v) is 4.23. The van der Waals surface area contributed by atoms with Crippen molar-refractivity contribution in [3.8, 4) is 0 Å². The van der Waals surface area contributed by atoms with Crippen LogP contribution in [0.4, 0.5) is 0 Å². The summed E-state index contributed by atoms with van der Waals surface area (Å²) in [7, 11) is 0. The SMILES string of the molecule is CCCc1ccc(C(O)CCC2CCCC2)cc1. The minimum atomic E-state index is -0.263.